The van der Waals surface area contributed by atoms with Crippen LogP contribution in [0.2, 0.25) is 0 Å². The van der Waals surface area contributed by atoms with Crippen LogP contribution in [0.25, 0.3) is 10.9 Å². The number of carbonyl (C=O) groups excluding carboxylic acids is 2. The van der Waals surface area contributed by atoms with Gasteiger partial charge in [-0.25, -0.2) is 0 Å². The number of hydrogen-bond acceptors (Lipinski definition) is 3. The molecule has 0 bridgehead atoms. The van der Waals surface area contributed by atoms with Crippen LogP contribution >= 0.6 is 0 Å². The molecular weight excluding hydrogens is 206 g/mol. The highest BCUT2D eigenvalue weighted by Gasteiger charge is 2.35. The SMILES string of the molecule is O=C1CC(c2cccc3cc[nH]c23)C(=O)O1. The first-order valence-electron chi connectivity index (χ1n) is 5.06. The molecule has 1 atom stereocenters. The van der Waals surface area contributed by atoms with E-state index in [1.807, 2.05) is 30.5 Å². The van der Waals surface area contributed by atoms with E-state index in [1.165, 1.54) is 0 Å². The number of ether oxygens (including phenoxy) is 1. The summed E-state index contributed by atoms with van der Waals surface area (Å²) in [5.41, 5.74) is 1.73. The van der Waals surface area contributed by atoms with Gasteiger partial charge in [0, 0.05) is 11.7 Å². The molecule has 4 heteroatoms. The fourth-order valence-electron chi connectivity index (χ4n) is 2.11. The zero-order valence-electron chi connectivity index (χ0n) is 8.40. The predicted octanol–water partition coefficient (Wildman–Crippen LogP) is 1.72. The molecule has 1 N–H and O–H groups in total. The fourth-order valence-corrected chi connectivity index (χ4v) is 2.11. The molecule has 1 aliphatic rings. The largest absolute Gasteiger partial charge is 0.393 e. The molecule has 1 saturated heterocycles. The number of para-hydroxylation sites is 1. The second-order valence-electron chi connectivity index (χ2n) is 3.84. The first kappa shape index (κ1) is 9.15. The Kier molecular flexibility index (Phi) is 1.83. The number of aromatic nitrogens is 1. The number of cyclic esters (lactones) is 2. The number of esters is 2. The van der Waals surface area contributed by atoms with Crippen molar-refractivity contribution in [3.05, 3.63) is 36.0 Å². The van der Waals surface area contributed by atoms with E-state index in [2.05, 4.69) is 9.72 Å². The number of carbonyl (C=O) groups is 2. The van der Waals surface area contributed by atoms with Gasteiger partial charge in [0.05, 0.1) is 12.3 Å². The Morgan fingerprint density at radius 2 is 2.12 bits per heavy atom. The van der Waals surface area contributed by atoms with Crippen LogP contribution in [0.3, 0.4) is 0 Å². The van der Waals surface area contributed by atoms with Gasteiger partial charge in [-0.2, -0.15) is 0 Å². The normalized spacial score (nSPS) is 20.4. The smallest absolute Gasteiger partial charge is 0.321 e. The molecule has 1 aromatic heterocycles. The van der Waals surface area contributed by atoms with Crippen LogP contribution in [0, 0.1) is 0 Å². The molecule has 0 radical (unpaired) electrons. The quantitative estimate of drug-likeness (QED) is 0.582. The van der Waals surface area contributed by atoms with E-state index >= 15 is 0 Å². The number of hydrogen-bond donors (Lipinski definition) is 1. The maximum atomic E-state index is 11.5. The van der Waals surface area contributed by atoms with Crippen molar-refractivity contribution >= 4 is 22.8 Å². The number of benzene rings is 1. The Morgan fingerprint density at radius 3 is 2.88 bits per heavy atom. The number of H-pyrrole nitrogens is 1. The molecule has 0 spiro atoms. The summed E-state index contributed by atoms with van der Waals surface area (Å²) in [6.45, 7) is 0. The van der Waals surface area contributed by atoms with E-state index in [1.54, 1.807) is 0 Å². The molecule has 1 unspecified atom stereocenters. The van der Waals surface area contributed by atoms with Crippen molar-refractivity contribution in [3.8, 4) is 0 Å². The Hall–Kier alpha value is -2.10. The van der Waals surface area contributed by atoms with Crippen LogP contribution in [0.4, 0.5) is 0 Å². The van der Waals surface area contributed by atoms with Gasteiger partial charge in [-0.3, -0.25) is 9.59 Å². The summed E-state index contributed by atoms with van der Waals surface area (Å²) >= 11 is 0. The number of aromatic amines is 1. The lowest BCUT2D eigenvalue weighted by Gasteiger charge is -2.06. The van der Waals surface area contributed by atoms with Crippen LogP contribution in [-0.2, 0) is 14.3 Å². The van der Waals surface area contributed by atoms with Gasteiger partial charge in [0.1, 0.15) is 0 Å². The molecule has 2 aromatic rings. The van der Waals surface area contributed by atoms with Crippen LogP contribution in [0.1, 0.15) is 17.9 Å². The van der Waals surface area contributed by atoms with Crippen LogP contribution in [0.15, 0.2) is 30.5 Å². The number of fused-ring (bicyclic) bond motifs is 1. The first-order chi connectivity index (χ1) is 7.75. The fraction of sp³-hybridized carbons (Fsp3) is 0.167. The van der Waals surface area contributed by atoms with Gasteiger partial charge >= 0.3 is 11.9 Å². The van der Waals surface area contributed by atoms with Crippen molar-refractivity contribution in [2.75, 3.05) is 0 Å². The highest BCUT2D eigenvalue weighted by molar-refractivity contribution is 6.00. The molecule has 80 valence electrons. The zero-order chi connectivity index (χ0) is 11.1. The third-order valence-corrected chi connectivity index (χ3v) is 2.86. The Labute approximate surface area is 91.2 Å². The highest BCUT2D eigenvalue weighted by Crippen LogP contribution is 2.31. The summed E-state index contributed by atoms with van der Waals surface area (Å²) < 4.78 is 4.56. The second-order valence-corrected chi connectivity index (χ2v) is 3.84. The topological polar surface area (TPSA) is 59.2 Å². The van der Waals surface area contributed by atoms with Crippen molar-refractivity contribution in [2.45, 2.75) is 12.3 Å². The highest BCUT2D eigenvalue weighted by atomic mass is 16.6. The summed E-state index contributed by atoms with van der Waals surface area (Å²) in [6, 6.07) is 7.61. The van der Waals surface area contributed by atoms with Gasteiger partial charge in [0.15, 0.2) is 0 Å². The maximum Gasteiger partial charge on any atom is 0.321 e. The molecule has 16 heavy (non-hydrogen) atoms. The lowest BCUT2D eigenvalue weighted by Crippen LogP contribution is -2.06. The summed E-state index contributed by atoms with van der Waals surface area (Å²) in [4.78, 5) is 25.6. The molecule has 1 aliphatic heterocycles. The van der Waals surface area contributed by atoms with E-state index in [-0.39, 0.29) is 6.42 Å². The molecule has 0 aliphatic carbocycles. The Balaban J connectivity index is 2.15. The molecule has 2 heterocycles. The minimum absolute atomic E-state index is 0.136. The molecule has 0 saturated carbocycles. The van der Waals surface area contributed by atoms with Crippen molar-refractivity contribution < 1.29 is 14.3 Å². The van der Waals surface area contributed by atoms with Gasteiger partial charge < -0.3 is 9.72 Å². The molecule has 1 fully saturated rings. The molecule has 0 amide bonds. The summed E-state index contributed by atoms with van der Waals surface area (Å²) in [5.74, 6) is -1.36. The van der Waals surface area contributed by atoms with Gasteiger partial charge in [0.25, 0.3) is 0 Å². The Bertz CT molecular complexity index is 585. The van der Waals surface area contributed by atoms with Crippen LogP contribution in [-0.4, -0.2) is 16.9 Å². The lowest BCUT2D eigenvalue weighted by molar-refractivity contribution is -0.152. The molecule has 3 rings (SSSR count). The third-order valence-electron chi connectivity index (χ3n) is 2.86. The predicted molar refractivity (Wildman–Crippen MR) is 56.8 cm³/mol. The van der Waals surface area contributed by atoms with Crippen molar-refractivity contribution in [3.63, 3.8) is 0 Å². The van der Waals surface area contributed by atoms with E-state index < -0.39 is 17.9 Å². The van der Waals surface area contributed by atoms with Gasteiger partial charge in [-0.1, -0.05) is 18.2 Å². The van der Waals surface area contributed by atoms with E-state index in [0.717, 1.165) is 16.5 Å². The standard InChI is InChI=1S/C12H9NO3/c14-10-6-9(12(15)16-10)8-3-1-2-7-4-5-13-11(7)8/h1-5,9,13H,6H2. The van der Waals surface area contributed by atoms with E-state index in [4.69, 9.17) is 0 Å². The van der Waals surface area contributed by atoms with Crippen molar-refractivity contribution in [1.29, 1.82) is 0 Å². The lowest BCUT2D eigenvalue weighted by atomic mass is 9.96. The van der Waals surface area contributed by atoms with Crippen molar-refractivity contribution in [1.82, 2.24) is 4.98 Å². The number of rotatable bonds is 1. The monoisotopic (exact) mass is 215 g/mol. The zero-order valence-corrected chi connectivity index (χ0v) is 8.40. The summed E-state index contributed by atoms with van der Waals surface area (Å²) in [6.07, 6.45) is 1.95. The first-order valence-corrected chi connectivity index (χ1v) is 5.06. The minimum atomic E-state index is -0.463. The van der Waals surface area contributed by atoms with Crippen LogP contribution < -0.4 is 0 Å². The maximum absolute atomic E-state index is 11.5. The molecular formula is C12H9NO3. The van der Waals surface area contributed by atoms with Crippen LogP contribution in [0.5, 0.6) is 0 Å². The van der Waals surface area contributed by atoms with Gasteiger partial charge in [0.2, 0.25) is 0 Å². The minimum Gasteiger partial charge on any atom is -0.393 e. The number of nitrogens with one attached hydrogen (secondary N) is 1. The molecule has 1 aromatic carbocycles. The van der Waals surface area contributed by atoms with E-state index in [0.29, 0.717) is 0 Å². The summed E-state index contributed by atoms with van der Waals surface area (Å²) in [5, 5.41) is 1.03. The van der Waals surface area contributed by atoms with E-state index in [9.17, 15) is 9.59 Å². The van der Waals surface area contributed by atoms with Gasteiger partial charge in [-0.05, 0) is 17.0 Å². The third kappa shape index (κ3) is 1.23. The second kappa shape index (κ2) is 3.20. The average Bonchev–Trinajstić information content (AvgIpc) is 2.84. The molecule has 4 nitrogen and oxygen atoms in total. The van der Waals surface area contributed by atoms with Gasteiger partial charge in [-0.15, -0.1) is 0 Å². The van der Waals surface area contributed by atoms with Crippen molar-refractivity contribution in [2.24, 2.45) is 0 Å². The Morgan fingerprint density at radius 1 is 1.25 bits per heavy atom. The average molecular weight is 215 g/mol. The summed E-state index contributed by atoms with van der Waals surface area (Å²) in [7, 11) is 0.